The quantitative estimate of drug-likeness (QED) is 0.0766. The SMILES string of the molecule is Cc1cc(-c2cnc3c(NCC(C)C)cc(-c4ccn[nH]4)nn23)ccc1C(=O)NC1CC1.Cc1cc(-c2cnc3c(NCC(C)C)cc(Cl)nn23)ccc1C(=O)NC1CC1. The van der Waals surface area contributed by atoms with E-state index in [4.69, 9.17) is 16.7 Å². The number of nitrogens with zero attached hydrogens (tertiary/aromatic N) is 7. The molecule has 0 spiro atoms. The number of halogens is 1. The fourth-order valence-corrected chi connectivity index (χ4v) is 7.04. The van der Waals surface area contributed by atoms with E-state index in [1.807, 2.05) is 73.1 Å². The standard InChI is InChI=1S/C24H27N7O.C21H24ClN5O/c1-14(2)12-25-21-11-20(19-8-9-27-29-19)30-31-22(13-26-23(21)31)16-4-7-18(15(3)10-16)24(32)28-17-5-6-17;1-12(2)10-23-17-9-19(22)26-27-18(11-24-20(17)27)14-4-7-16(13(3)8-14)21(28)25-15-5-6-15/h4,7-11,13-14,17,25H,5-6,12H2,1-3H3,(H,27,29)(H,28,32);4,7-9,11-12,15,23H,5-6,10H2,1-3H3,(H,25,28). The highest BCUT2D eigenvalue weighted by molar-refractivity contribution is 6.29. The Morgan fingerprint density at radius 1 is 0.717 bits per heavy atom. The highest BCUT2D eigenvalue weighted by Crippen LogP contribution is 2.31. The number of hydrogen-bond donors (Lipinski definition) is 5. The number of aryl methyl sites for hydroxylation is 2. The van der Waals surface area contributed by atoms with Gasteiger partial charge in [-0.15, -0.1) is 0 Å². The minimum absolute atomic E-state index is 0.00507. The van der Waals surface area contributed by atoms with Crippen LogP contribution >= 0.6 is 11.6 Å². The maximum atomic E-state index is 12.5. The summed E-state index contributed by atoms with van der Waals surface area (Å²) in [4.78, 5) is 34.1. The van der Waals surface area contributed by atoms with Crippen molar-refractivity contribution in [1.82, 2.24) is 50.0 Å². The summed E-state index contributed by atoms with van der Waals surface area (Å²) >= 11 is 6.26. The second-order valence-corrected chi connectivity index (χ2v) is 17.0. The molecule has 0 saturated heterocycles. The first-order valence-corrected chi connectivity index (χ1v) is 21.0. The summed E-state index contributed by atoms with van der Waals surface area (Å²) in [5.41, 5.74) is 11.7. The summed E-state index contributed by atoms with van der Waals surface area (Å²) in [7, 11) is 0. The molecule has 60 heavy (non-hydrogen) atoms. The van der Waals surface area contributed by atoms with E-state index in [1.165, 1.54) is 0 Å². The minimum Gasteiger partial charge on any atom is -0.382 e. The zero-order valence-electron chi connectivity index (χ0n) is 34.8. The molecule has 2 aliphatic rings. The summed E-state index contributed by atoms with van der Waals surface area (Å²) in [6, 6.07) is 18.0. The topological polar surface area (TPSA) is 171 Å². The number of hydrogen-bond acceptors (Lipinski definition) is 9. The lowest BCUT2D eigenvalue weighted by atomic mass is 10.0. The second kappa shape index (κ2) is 17.1. The Hall–Kier alpha value is -6.28. The first-order chi connectivity index (χ1) is 28.9. The first kappa shape index (κ1) is 40.5. The van der Waals surface area contributed by atoms with Crippen molar-refractivity contribution in [3.8, 4) is 33.9 Å². The van der Waals surface area contributed by atoms with Gasteiger partial charge in [-0.25, -0.2) is 19.0 Å². The normalized spacial score (nSPS) is 13.8. The van der Waals surface area contributed by atoms with E-state index < -0.39 is 0 Å². The molecule has 2 aliphatic carbocycles. The largest absolute Gasteiger partial charge is 0.382 e. The van der Waals surface area contributed by atoms with Crippen LogP contribution in [0.2, 0.25) is 5.15 Å². The fourth-order valence-electron chi connectivity index (χ4n) is 6.86. The lowest BCUT2D eigenvalue weighted by molar-refractivity contribution is 0.0942. The Bertz CT molecular complexity index is 2670. The van der Waals surface area contributed by atoms with Crippen LogP contribution in [0.1, 0.15) is 85.2 Å². The van der Waals surface area contributed by atoms with Crippen molar-refractivity contribution in [2.45, 2.75) is 79.3 Å². The van der Waals surface area contributed by atoms with Gasteiger partial charge >= 0.3 is 0 Å². The van der Waals surface area contributed by atoms with Gasteiger partial charge in [-0.2, -0.15) is 15.3 Å². The molecule has 15 heteroatoms. The Balaban J connectivity index is 0.000000168. The maximum Gasteiger partial charge on any atom is 0.251 e. The van der Waals surface area contributed by atoms with Gasteiger partial charge in [0.1, 0.15) is 5.69 Å². The Morgan fingerprint density at radius 3 is 1.67 bits per heavy atom. The lowest BCUT2D eigenvalue weighted by Crippen LogP contribution is -2.26. The van der Waals surface area contributed by atoms with Gasteiger partial charge in [-0.1, -0.05) is 51.4 Å². The molecular weight excluding hydrogens is 776 g/mol. The van der Waals surface area contributed by atoms with Crippen molar-refractivity contribution in [1.29, 1.82) is 0 Å². The van der Waals surface area contributed by atoms with Crippen LogP contribution in [0.25, 0.3) is 45.2 Å². The van der Waals surface area contributed by atoms with Crippen molar-refractivity contribution >= 4 is 46.1 Å². The van der Waals surface area contributed by atoms with E-state index in [-0.39, 0.29) is 11.8 Å². The number of nitrogens with one attached hydrogen (secondary N) is 5. The van der Waals surface area contributed by atoms with Gasteiger partial charge in [0, 0.05) is 59.7 Å². The number of carbonyl (C=O) groups excluding carboxylic acids is 2. The van der Waals surface area contributed by atoms with Crippen molar-refractivity contribution < 1.29 is 9.59 Å². The Kier molecular flexibility index (Phi) is 11.6. The summed E-state index contributed by atoms with van der Waals surface area (Å²) < 4.78 is 3.61. The Labute approximate surface area is 353 Å². The van der Waals surface area contributed by atoms with Crippen molar-refractivity contribution in [3.05, 3.63) is 101 Å². The van der Waals surface area contributed by atoms with Crippen LogP contribution in [0.3, 0.4) is 0 Å². The molecule has 0 unspecified atom stereocenters. The molecule has 0 radical (unpaired) electrons. The third-order valence-electron chi connectivity index (χ3n) is 10.4. The van der Waals surface area contributed by atoms with E-state index in [2.05, 4.69) is 74.2 Å². The number of aromatic amines is 1. The third-order valence-corrected chi connectivity index (χ3v) is 10.6. The van der Waals surface area contributed by atoms with Crippen molar-refractivity contribution in [3.63, 3.8) is 0 Å². The van der Waals surface area contributed by atoms with Crippen LogP contribution in [0.4, 0.5) is 11.4 Å². The summed E-state index contributed by atoms with van der Waals surface area (Å²) in [5.74, 6) is 0.976. The number of anilines is 2. The molecule has 5 N–H and O–H groups in total. The molecule has 9 rings (SSSR count). The highest BCUT2D eigenvalue weighted by atomic mass is 35.5. The molecule has 2 aromatic carbocycles. The van der Waals surface area contributed by atoms with E-state index in [0.29, 0.717) is 40.2 Å². The minimum atomic E-state index is -0.00830. The van der Waals surface area contributed by atoms with Gasteiger partial charge in [-0.3, -0.25) is 14.7 Å². The fraction of sp³-hybridized carbons (Fsp3) is 0.356. The number of amides is 2. The molecule has 14 nitrogen and oxygen atoms in total. The van der Waals surface area contributed by atoms with Crippen molar-refractivity contribution in [2.24, 2.45) is 11.8 Å². The molecule has 2 saturated carbocycles. The number of rotatable bonds is 13. The molecule has 0 atom stereocenters. The third kappa shape index (κ3) is 9.13. The summed E-state index contributed by atoms with van der Waals surface area (Å²) in [6.07, 6.45) is 9.63. The van der Waals surface area contributed by atoms with Gasteiger partial charge in [0.25, 0.3) is 11.8 Å². The number of aromatic nitrogens is 8. The van der Waals surface area contributed by atoms with Crippen LogP contribution in [-0.2, 0) is 0 Å². The van der Waals surface area contributed by atoms with Crippen LogP contribution in [-0.4, -0.2) is 76.4 Å². The van der Waals surface area contributed by atoms with Crippen LogP contribution < -0.4 is 21.3 Å². The summed E-state index contributed by atoms with van der Waals surface area (Å²) in [6.45, 7) is 14.2. The molecule has 0 bridgehead atoms. The van der Waals surface area contributed by atoms with E-state index >= 15 is 0 Å². The van der Waals surface area contributed by atoms with Crippen molar-refractivity contribution in [2.75, 3.05) is 23.7 Å². The van der Waals surface area contributed by atoms with E-state index in [1.54, 1.807) is 23.0 Å². The smallest absolute Gasteiger partial charge is 0.251 e. The van der Waals surface area contributed by atoms with Gasteiger partial charge in [0.2, 0.25) is 0 Å². The van der Waals surface area contributed by atoms with E-state index in [9.17, 15) is 9.59 Å². The van der Waals surface area contributed by atoms with Crippen LogP contribution in [0, 0.1) is 25.7 Å². The number of fused-ring (bicyclic) bond motifs is 2. The Morgan fingerprint density at radius 2 is 1.22 bits per heavy atom. The number of benzene rings is 2. The average molecular weight is 827 g/mol. The molecule has 310 valence electrons. The van der Waals surface area contributed by atoms with Gasteiger partial charge in [0.15, 0.2) is 16.4 Å². The number of imidazole rings is 2. The molecule has 0 aliphatic heterocycles. The predicted molar refractivity (Wildman–Crippen MR) is 237 cm³/mol. The lowest BCUT2D eigenvalue weighted by Gasteiger charge is -2.12. The zero-order chi connectivity index (χ0) is 42.1. The predicted octanol–water partition coefficient (Wildman–Crippen LogP) is 8.37. The van der Waals surface area contributed by atoms with Gasteiger partial charge < -0.3 is 21.3 Å². The monoisotopic (exact) mass is 826 g/mol. The maximum absolute atomic E-state index is 12.5. The number of H-pyrrole nitrogens is 1. The van der Waals surface area contributed by atoms with Crippen LogP contribution in [0.5, 0.6) is 0 Å². The molecular formula is C45H51ClN12O2. The molecule has 2 amide bonds. The van der Waals surface area contributed by atoms with Gasteiger partial charge in [0.05, 0.1) is 40.9 Å². The van der Waals surface area contributed by atoms with Crippen LogP contribution in [0.15, 0.2) is 73.2 Å². The van der Waals surface area contributed by atoms with Gasteiger partial charge in [-0.05, 0) is 98.9 Å². The average Bonchev–Trinajstić information content (AvgIpc) is 4.03. The first-order valence-electron chi connectivity index (χ1n) is 20.7. The van der Waals surface area contributed by atoms with E-state index in [0.717, 1.165) is 106 Å². The number of carbonyl (C=O) groups is 2. The molecule has 5 heterocycles. The second-order valence-electron chi connectivity index (χ2n) is 16.7. The molecule has 7 aromatic rings. The molecule has 2 fully saturated rings. The summed E-state index contributed by atoms with van der Waals surface area (Å²) in [5, 5.41) is 29.7. The molecule has 5 aromatic heterocycles. The zero-order valence-corrected chi connectivity index (χ0v) is 35.6. The highest BCUT2D eigenvalue weighted by Gasteiger charge is 2.26.